The molecule has 0 amide bonds. The molecule has 0 unspecified atom stereocenters. The van der Waals surface area contributed by atoms with Gasteiger partial charge in [-0.25, -0.2) is 4.79 Å². The Morgan fingerprint density at radius 2 is 2.21 bits per heavy atom. The minimum Gasteiger partial charge on any atom is -0.467 e. The van der Waals surface area contributed by atoms with Gasteiger partial charge in [-0.3, -0.25) is 0 Å². The van der Waals surface area contributed by atoms with E-state index in [4.69, 9.17) is 28.9 Å². The monoisotopic (exact) mass is 253 g/mol. The molecule has 6 heteroatoms. The lowest BCUT2D eigenvalue weighted by Gasteiger charge is -2.20. The minimum absolute atomic E-state index is 0.408. The van der Waals surface area contributed by atoms with Crippen LogP contribution in [0.5, 0.6) is 0 Å². The Morgan fingerprint density at radius 3 is 2.57 bits per heavy atom. The quantitative estimate of drug-likeness (QED) is 0.824. The Kier molecular flexibility index (Phi) is 3.42. The number of nitrogens with two attached hydrogens (primary N) is 1. The Morgan fingerprint density at radius 1 is 1.64 bits per heavy atom. The predicted octanol–water partition coefficient (Wildman–Crippen LogP) is 2.40. The molecule has 14 heavy (non-hydrogen) atoms. The van der Waals surface area contributed by atoms with Crippen molar-refractivity contribution in [1.29, 1.82) is 0 Å². The second kappa shape index (κ2) is 4.06. The van der Waals surface area contributed by atoms with Crippen molar-refractivity contribution in [3.05, 3.63) is 20.3 Å². The van der Waals surface area contributed by atoms with Crippen LogP contribution in [0.1, 0.15) is 12.5 Å². The highest BCUT2D eigenvalue weighted by molar-refractivity contribution is 7.20. The van der Waals surface area contributed by atoms with Crippen molar-refractivity contribution >= 4 is 40.5 Å². The molecule has 1 heterocycles. The van der Waals surface area contributed by atoms with Gasteiger partial charge < -0.3 is 10.5 Å². The number of rotatable bonds is 2. The van der Waals surface area contributed by atoms with E-state index >= 15 is 0 Å². The van der Waals surface area contributed by atoms with Crippen molar-refractivity contribution in [3.63, 3.8) is 0 Å². The molecule has 0 aliphatic heterocycles. The van der Waals surface area contributed by atoms with Crippen molar-refractivity contribution in [2.45, 2.75) is 12.5 Å². The Bertz CT molecular complexity index is 362. The summed E-state index contributed by atoms with van der Waals surface area (Å²) in [6.07, 6.45) is 0. The number of hydrogen-bond donors (Lipinski definition) is 1. The van der Waals surface area contributed by atoms with Gasteiger partial charge in [0.15, 0.2) is 0 Å². The van der Waals surface area contributed by atoms with Crippen molar-refractivity contribution in [1.82, 2.24) is 0 Å². The van der Waals surface area contributed by atoms with Gasteiger partial charge in [-0.2, -0.15) is 0 Å². The Balaban J connectivity index is 3.15. The molecular weight excluding hydrogens is 245 g/mol. The maximum Gasteiger partial charge on any atom is 0.330 e. The highest BCUT2D eigenvalue weighted by Crippen LogP contribution is 2.36. The van der Waals surface area contributed by atoms with Crippen LogP contribution in [0.25, 0.3) is 0 Å². The molecule has 0 saturated heterocycles. The number of esters is 1. The topological polar surface area (TPSA) is 52.3 Å². The molecule has 0 aromatic carbocycles. The summed E-state index contributed by atoms with van der Waals surface area (Å²) in [4.78, 5) is 11.4. The average Bonchev–Trinajstić information content (AvgIpc) is 2.44. The van der Waals surface area contributed by atoms with E-state index in [0.29, 0.717) is 14.2 Å². The van der Waals surface area contributed by atoms with Crippen LogP contribution in [0.15, 0.2) is 6.07 Å². The molecule has 1 atom stereocenters. The summed E-state index contributed by atoms with van der Waals surface area (Å²) in [6.45, 7) is 1.53. The first kappa shape index (κ1) is 11.8. The van der Waals surface area contributed by atoms with Crippen molar-refractivity contribution < 1.29 is 9.53 Å². The van der Waals surface area contributed by atoms with Crippen LogP contribution < -0.4 is 5.73 Å². The van der Waals surface area contributed by atoms with Crippen LogP contribution in [0.4, 0.5) is 0 Å². The smallest absolute Gasteiger partial charge is 0.330 e. The lowest BCUT2D eigenvalue weighted by molar-refractivity contribution is -0.146. The first-order valence-electron chi connectivity index (χ1n) is 3.72. The van der Waals surface area contributed by atoms with Gasteiger partial charge in [0.1, 0.15) is 9.88 Å². The summed E-state index contributed by atoms with van der Waals surface area (Å²) < 4.78 is 5.47. The SMILES string of the molecule is COC(=O)[C@@](C)(N)c1cc(Cl)sc1Cl. The Labute approximate surface area is 95.8 Å². The molecule has 2 N–H and O–H groups in total. The van der Waals surface area contributed by atoms with Gasteiger partial charge in [0.05, 0.1) is 11.4 Å². The third-order valence-corrected chi connectivity index (χ3v) is 3.31. The largest absolute Gasteiger partial charge is 0.467 e. The summed E-state index contributed by atoms with van der Waals surface area (Å²) in [5.74, 6) is -0.547. The normalized spacial score (nSPS) is 14.9. The molecule has 3 nitrogen and oxygen atoms in total. The minimum atomic E-state index is -1.25. The first-order valence-corrected chi connectivity index (χ1v) is 5.29. The van der Waals surface area contributed by atoms with E-state index in [0.717, 1.165) is 0 Å². The molecule has 0 aliphatic carbocycles. The molecular formula is C8H9Cl2NO2S. The van der Waals surface area contributed by atoms with Crippen LogP contribution >= 0.6 is 34.5 Å². The van der Waals surface area contributed by atoms with Gasteiger partial charge in [0.2, 0.25) is 0 Å². The molecule has 1 aromatic rings. The van der Waals surface area contributed by atoms with E-state index in [9.17, 15) is 4.79 Å². The lowest BCUT2D eigenvalue weighted by Crippen LogP contribution is -2.42. The second-order valence-electron chi connectivity index (χ2n) is 2.93. The fourth-order valence-corrected chi connectivity index (χ4v) is 2.70. The standard InChI is InChI=1S/C8H9Cl2NO2S/c1-8(11,7(12)13-2)4-3-5(9)14-6(4)10/h3H,11H2,1-2H3/t8-/m0/s1. The highest BCUT2D eigenvalue weighted by Gasteiger charge is 2.35. The Hall–Kier alpha value is -0.290. The fourth-order valence-electron chi connectivity index (χ4n) is 1.02. The van der Waals surface area contributed by atoms with Gasteiger partial charge in [-0.05, 0) is 13.0 Å². The number of hydrogen-bond acceptors (Lipinski definition) is 4. The maximum absolute atomic E-state index is 11.4. The van der Waals surface area contributed by atoms with E-state index in [2.05, 4.69) is 4.74 Å². The molecule has 0 bridgehead atoms. The zero-order valence-corrected chi connectivity index (χ0v) is 9.96. The summed E-state index contributed by atoms with van der Waals surface area (Å²) >= 11 is 12.8. The summed E-state index contributed by atoms with van der Waals surface area (Å²) in [7, 11) is 1.27. The second-order valence-corrected chi connectivity index (χ2v) is 5.22. The fraction of sp³-hybridized carbons (Fsp3) is 0.375. The van der Waals surface area contributed by atoms with Crippen LogP contribution in [0.2, 0.25) is 8.67 Å². The molecule has 0 aliphatic rings. The zero-order valence-electron chi connectivity index (χ0n) is 7.64. The zero-order chi connectivity index (χ0) is 10.9. The van der Waals surface area contributed by atoms with Gasteiger partial charge in [0.25, 0.3) is 0 Å². The number of ether oxygens (including phenoxy) is 1. The van der Waals surface area contributed by atoms with Crippen LogP contribution in [0, 0.1) is 0 Å². The average molecular weight is 254 g/mol. The van der Waals surface area contributed by atoms with E-state index in [1.165, 1.54) is 25.4 Å². The van der Waals surface area contributed by atoms with Gasteiger partial charge in [-0.1, -0.05) is 23.2 Å². The number of halogens is 2. The summed E-state index contributed by atoms with van der Waals surface area (Å²) in [5.41, 5.74) is 5.03. The van der Waals surface area contributed by atoms with Crippen molar-refractivity contribution in [2.24, 2.45) is 5.73 Å². The molecule has 0 fully saturated rings. The number of carbonyl (C=O) groups excluding carboxylic acids is 1. The summed E-state index contributed by atoms with van der Waals surface area (Å²) in [5, 5.41) is 0. The predicted molar refractivity (Wildman–Crippen MR) is 57.9 cm³/mol. The van der Waals surface area contributed by atoms with E-state index in [1.54, 1.807) is 6.07 Å². The lowest BCUT2D eigenvalue weighted by atomic mass is 9.96. The van der Waals surface area contributed by atoms with Crippen LogP contribution in [0.3, 0.4) is 0 Å². The molecule has 1 aromatic heterocycles. The maximum atomic E-state index is 11.4. The van der Waals surface area contributed by atoms with Gasteiger partial charge in [-0.15, -0.1) is 11.3 Å². The van der Waals surface area contributed by atoms with Crippen LogP contribution in [-0.2, 0) is 15.1 Å². The molecule has 0 spiro atoms. The third kappa shape index (κ3) is 2.03. The van der Waals surface area contributed by atoms with E-state index in [-0.39, 0.29) is 0 Å². The molecule has 1 rings (SSSR count). The van der Waals surface area contributed by atoms with Gasteiger partial charge in [0, 0.05) is 5.56 Å². The van der Waals surface area contributed by atoms with Crippen LogP contribution in [-0.4, -0.2) is 13.1 Å². The highest BCUT2D eigenvalue weighted by atomic mass is 35.5. The number of carbonyl (C=O) groups is 1. The number of methoxy groups -OCH3 is 1. The third-order valence-electron chi connectivity index (χ3n) is 1.83. The molecule has 78 valence electrons. The van der Waals surface area contributed by atoms with E-state index in [1.807, 2.05) is 0 Å². The van der Waals surface area contributed by atoms with E-state index < -0.39 is 11.5 Å². The molecule has 0 radical (unpaired) electrons. The van der Waals surface area contributed by atoms with Crippen molar-refractivity contribution in [3.8, 4) is 0 Å². The number of thiophene rings is 1. The van der Waals surface area contributed by atoms with Crippen molar-refractivity contribution in [2.75, 3.05) is 7.11 Å². The first-order chi connectivity index (χ1) is 6.39. The molecule has 0 saturated carbocycles. The van der Waals surface area contributed by atoms with Gasteiger partial charge >= 0.3 is 5.97 Å². The summed E-state index contributed by atoms with van der Waals surface area (Å²) in [6, 6.07) is 1.57.